The number of sulfone groups is 1. The number of carbonyl (C=O) groups is 1. The first-order chi connectivity index (χ1) is 18.1. The molecular formula is C28H32N6O3S. The van der Waals surface area contributed by atoms with Crippen LogP contribution in [-0.4, -0.2) is 58.7 Å². The third kappa shape index (κ3) is 6.03. The molecule has 2 aromatic heterocycles. The lowest BCUT2D eigenvalue weighted by Crippen LogP contribution is -2.39. The Labute approximate surface area is 222 Å². The van der Waals surface area contributed by atoms with Crippen molar-refractivity contribution in [2.75, 3.05) is 35.2 Å². The number of fused-ring (bicyclic) bond motifs is 1. The van der Waals surface area contributed by atoms with Gasteiger partial charge in [0, 0.05) is 36.5 Å². The van der Waals surface area contributed by atoms with Gasteiger partial charge in [-0.3, -0.25) is 15.5 Å². The number of hydrogen-bond donors (Lipinski definition) is 2. The molecule has 2 N–H and O–H groups in total. The van der Waals surface area contributed by atoms with Crippen LogP contribution in [0, 0.1) is 0 Å². The van der Waals surface area contributed by atoms with E-state index < -0.39 is 15.9 Å². The maximum Gasteiger partial charge on any atom is 0.326 e. The molecule has 0 spiro atoms. The zero-order chi connectivity index (χ0) is 26.9. The first-order valence-electron chi connectivity index (χ1n) is 12.6. The van der Waals surface area contributed by atoms with E-state index in [9.17, 15) is 13.2 Å². The number of hydrogen-bond acceptors (Lipinski definition) is 6. The second-order valence-electron chi connectivity index (χ2n) is 10.6. The fraction of sp³-hybridized carbons (Fsp3) is 0.321. The normalized spacial score (nSPS) is 15.9. The van der Waals surface area contributed by atoms with Crippen LogP contribution in [0.1, 0.15) is 32.0 Å². The highest BCUT2D eigenvalue weighted by Gasteiger charge is 2.23. The molecule has 0 aliphatic carbocycles. The number of urea groups is 1. The monoisotopic (exact) mass is 532 g/mol. The highest BCUT2D eigenvalue weighted by Crippen LogP contribution is 2.27. The van der Waals surface area contributed by atoms with Gasteiger partial charge in [-0.25, -0.2) is 22.9 Å². The number of nitrogens with one attached hydrogen (secondary N) is 2. The van der Waals surface area contributed by atoms with Crippen molar-refractivity contribution in [2.24, 2.45) is 0 Å². The van der Waals surface area contributed by atoms with E-state index >= 15 is 0 Å². The Kier molecular flexibility index (Phi) is 6.93. The average Bonchev–Trinajstić information content (AvgIpc) is 3.30. The zero-order valence-electron chi connectivity index (χ0n) is 21.8. The van der Waals surface area contributed by atoms with E-state index in [0.29, 0.717) is 31.3 Å². The van der Waals surface area contributed by atoms with Crippen LogP contribution in [0.3, 0.4) is 0 Å². The lowest BCUT2D eigenvalue weighted by atomic mass is 9.92. The first kappa shape index (κ1) is 25.9. The Morgan fingerprint density at radius 2 is 1.66 bits per heavy atom. The van der Waals surface area contributed by atoms with Crippen LogP contribution in [0.25, 0.3) is 16.6 Å². The molecule has 5 rings (SSSR count). The van der Waals surface area contributed by atoms with Crippen LogP contribution in [0.2, 0.25) is 0 Å². The number of para-hydroxylation sites is 1. The molecule has 10 heteroatoms. The van der Waals surface area contributed by atoms with Gasteiger partial charge in [0.2, 0.25) is 0 Å². The van der Waals surface area contributed by atoms with Crippen LogP contribution < -0.4 is 10.6 Å². The van der Waals surface area contributed by atoms with Gasteiger partial charge in [-0.15, -0.1) is 0 Å². The molecule has 0 saturated carbocycles. The molecule has 1 fully saturated rings. The van der Waals surface area contributed by atoms with Crippen molar-refractivity contribution >= 4 is 38.4 Å². The maximum atomic E-state index is 12.9. The van der Waals surface area contributed by atoms with Crippen molar-refractivity contribution in [3.63, 3.8) is 0 Å². The summed E-state index contributed by atoms with van der Waals surface area (Å²) in [6.07, 6.45) is 0. The van der Waals surface area contributed by atoms with E-state index in [4.69, 9.17) is 5.10 Å². The number of benzene rings is 2. The van der Waals surface area contributed by atoms with Crippen LogP contribution in [0.4, 0.5) is 16.4 Å². The van der Waals surface area contributed by atoms with Crippen molar-refractivity contribution in [3.8, 4) is 5.69 Å². The third-order valence-corrected chi connectivity index (χ3v) is 8.19. The van der Waals surface area contributed by atoms with Crippen LogP contribution in [-0.2, 0) is 21.8 Å². The van der Waals surface area contributed by atoms with Gasteiger partial charge in [0.05, 0.1) is 28.4 Å². The number of nitrogens with zero attached hydrogens (tertiary/aromatic N) is 4. The molecule has 4 aromatic rings. The number of amides is 2. The smallest absolute Gasteiger partial charge is 0.297 e. The van der Waals surface area contributed by atoms with Gasteiger partial charge in [0.25, 0.3) is 0 Å². The van der Waals surface area contributed by atoms with E-state index in [1.807, 2.05) is 60.7 Å². The van der Waals surface area contributed by atoms with Crippen molar-refractivity contribution < 1.29 is 13.2 Å². The summed E-state index contributed by atoms with van der Waals surface area (Å²) in [6, 6.07) is 20.9. The SMILES string of the molecule is CC(C)(C)c1cc(NC(=O)Nc2ccc3ccccc3n2)n(-c2ccc(CN3CCS(=O)(=O)CC3)cc2)n1. The van der Waals surface area contributed by atoms with Crippen molar-refractivity contribution in [2.45, 2.75) is 32.7 Å². The summed E-state index contributed by atoms with van der Waals surface area (Å²) < 4.78 is 25.1. The number of anilines is 2. The quantitative estimate of drug-likeness (QED) is 0.389. The van der Waals surface area contributed by atoms with Gasteiger partial charge >= 0.3 is 6.03 Å². The Hall–Kier alpha value is -3.76. The Bertz CT molecular complexity index is 1560. The largest absolute Gasteiger partial charge is 0.326 e. The summed E-state index contributed by atoms with van der Waals surface area (Å²) in [5, 5.41) is 11.5. The van der Waals surface area contributed by atoms with Crippen LogP contribution in [0.5, 0.6) is 0 Å². The molecule has 0 bridgehead atoms. The summed E-state index contributed by atoms with van der Waals surface area (Å²) in [6.45, 7) is 8.01. The molecule has 1 aliphatic heterocycles. The molecule has 0 radical (unpaired) electrons. The summed E-state index contributed by atoms with van der Waals surface area (Å²) in [5.74, 6) is 1.42. The molecule has 1 saturated heterocycles. The van der Waals surface area contributed by atoms with E-state index in [0.717, 1.165) is 27.8 Å². The van der Waals surface area contributed by atoms with Crippen LogP contribution in [0.15, 0.2) is 66.7 Å². The van der Waals surface area contributed by atoms with Crippen LogP contribution >= 0.6 is 0 Å². The number of aromatic nitrogens is 3. The molecule has 1 aliphatic rings. The molecule has 2 aromatic carbocycles. The minimum absolute atomic E-state index is 0.208. The summed E-state index contributed by atoms with van der Waals surface area (Å²) in [4.78, 5) is 19.6. The molecule has 0 unspecified atom stereocenters. The molecular weight excluding hydrogens is 500 g/mol. The average molecular weight is 533 g/mol. The highest BCUT2D eigenvalue weighted by molar-refractivity contribution is 7.91. The Morgan fingerprint density at radius 3 is 2.37 bits per heavy atom. The number of carbonyl (C=O) groups excluding carboxylic acids is 1. The van der Waals surface area contributed by atoms with Gasteiger partial charge in [-0.2, -0.15) is 5.10 Å². The standard InChI is InChI=1S/C28H32N6O3S/c1-28(2,3)24-18-26(31-27(35)30-25-13-10-21-6-4-5-7-23(21)29-25)34(32-24)22-11-8-20(9-12-22)19-33-14-16-38(36,37)17-15-33/h4-13,18H,14-17,19H2,1-3H3,(H2,29,30,31,35). The van der Waals surface area contributed by atoms with E-state index in [1.165, 1.54) is 0 Å². The lowest BCUT2D eigenvalue weighted by molar-refractivity contribution is 0.262. The first-order valence-corrected chi connectivity index (χ1v) is 14.4. The second-order valence-corrected chi connectivity index (χ2v) is 12.9. The van der Waals surface area contributed by atoms with Gasteiger partial charge in [0.1, 0.15) is 11.6 Å². The topological polar surface area (TPSA) is 109 Å². The minimum atomic E-state index is -2.90. The van der Waals surface area contributed by atoms with Gasteiger partial charge in [-0.1, -0.05) is 51.1 Å². The molecule has 198 valence electrons. The van der Waals surface area contributed by atoms with Gasteiger partial charge in [-0.05, 0) is 35.9 Å². The third-order valence-electron chi connectivity index (χ3n) is 6.58. The van der Waals surface area contributed by atoms with Gasteiger partial charge < -0.3 is 0 Å². The predicted molar refractivity (Wildman–Crippen MR) is 151 cm³/mol. The zero-order valence-corrected chi connectivity index (χ0v) is 22.6. The van der Waals surface area contributed by atoms with E-state index in [2.05, 4.69) is 41.3 Å². The van der Waals surface area contributed by atoms with Gasteiger partial charge in [0.15, 0.2) is 9.84 Å². The summed E-state index contributed by atoms with van der Waals surface area (Å²) in [7, 11) is -2.90. The summed E-state index contributed by atoms with van der Waals surface area (Å²) >= 11 is 0. The minimum Gasteiger partial charge on any atom is -0.297 e. The molecule has 3 heterocycles. The van der Waals surface area contributed by atoms with E-state index in [1.54, 1.807) is 10.7 Å². The highest BCUT2D eigenvalue weighted by atomic mass is 32.2. The van der Waals surface area contributed by atoms with Crippen molar-refractivity contribution in [1.82, 2.24) is 19.7 Å². The molecule has 9 nitrogen and oxygen atoms in total. The number of pyridine rings is 1. The van der Waals surface area contributed by atoms with Crippen molar-refractivity contribution in [3.05, 3.63) is 78.0 Å². The molecule has 2 amide bonds. The van der Waals surface area contributed by atoms with Crippen molar-refractivity contribution in [1.29, 1.82) is 0 Å². The Morgan fingerprint density at radius 1 is 0.947 bits per heavy atom. The lowest BCUT2D eigenvalue weighted by Gasteiger charge is -2.26. The predicted octanol–water partition coefficient (Wildman–Crippen LogP) is 4.59. The fourth-order valence-corrected chi connectivity index (χ4v) is 5.62. The molecule has 38 heavy (non-hydrogen) atoms. The van der Waals surface area contributed by atoms with E-state index in [-0.39, 0.29) is 16.9 Å². The number of rotatable bonds is 5. The fourth-order valence-electron chi connectivity index (χ4n) is 4.34. The second kappa shape index (κ2) is 10.2. The maximum absolute atomic E-state index is 12.9. The Balaban J connectivity index is 1.33. The molecule has 0 atom stereocenters. The summed E-state index contributed by atoms with van der Waals surface area (Å²) in [5.41, 5.74) is 3.33.